The van der Waals surface area contributed by atoms with Gasteiger partial charge in [-0.05, 0) is 31.4 Å². The molecule has 1 aromatic heterocycles. The van der Waals surface area contributed by atoms with Gasteiger partial charge in [-0.25, -0.2) is 0 Å². The van der Waals surface area contributed by atoms with Crippen molar-refractivity contribution in [3.8, 4) is 0 Å². The highest BCUT2D eigenvalue weighted by Crippen LogP contribution is 2.08. The van der Waals surface area contributed by atoms with Crippen LogP contribution in [0.3, 0.4) is 0 Å². The van der Waals surface area contributed by atoms with Crippen LogP contribution in [0.2, 0.25) is 0 Å². The molecule has 1 rings (SSSR count). The van der Waals surface area contributed by atoms with Crippen LogP contribution in [0.25, 0.3) is 0 Å². The molecule has 0 aromatic carbocycles. The van der Waals surface area contributed by atoms with E-state index >= 15 is 0 Å². The van der Waals surface area contributed by atoms with Gasteiger partial charge in [-0.1, -0.05) is 18.3 Å². The summed E-state index contributed by atoms with van der Waals surface area (Å²) < 4.78 is 0. The van der Waals surface area contributed by atoms with Crippen molar-refractivity contribution < 1.29 is 0 Å². The number of aromatic nitrogens is 1. The number of hydrogen-bond donors (Lipinski definition) is 1. The normalized spacial score (nSPS) is 10.0. The lowest BCUT2D eigenvalue weighted by Crippen LogP contribution is -2.09. The van der Waals surface area contributed by atoms with Gasteiger partial charge >= 0.3 is 0 Å². The van der Waals surface area contributed by atoms with E-state index in [0.717, 1.165) is 18.5 Å². The first kappa shape index (κ1) is 10.1. The number of pyridine rings is 1. The number of nitrogens with two attached hydrogens (primary N) is 1. The molecule has 0 radical (unpaired) electrons. The van der Waals surface area contributed by atoms with Crippen LogP contribution < -0.4 is 5.73 Å². The second kappa shape index (κ2) is 4.33. The van der Waals surface area contributed by atoms with Crippen LogP contribution >= 0.6 is 12.2 Å². The molecule has 2 N–H and O–H groups in total. The van der Waals surface area contributed by atoms with Gasteiger partial charge in [-0.3, -0.25) is 4.98 Å². The van der Waals surface area contributed by atoms with E-state index in [4.69, 9.17) is 18.0 Å². The first-order valence-corrected chi connectivity index (χ1v) is 4.71. The zero-order valence-electron chi connectivity index (χ0n) is 8.00. The van der Waals surface area contributed by atoms with Gasteiger partial charge in [0.1, 0.15) is 0 Å². The van der Waals surface area contributed by atoms with Gasteiger partial charge in [0.15, 0.2) is 0 Å². The number of nitrogens with zero attached hydrogens (tertiary/aromatic N) is 1. The van der Waals surface area contributed by atoms with Crippen LogP contribution in [-0.2, 0) is 6.42 Å². The molecule has 0 saturated heterocycles. The highest BCUT2D eigenvalue weighted by atomic mass is 32.1. The summed E-state index contributed by atoms with van der Waals surface area (Å²) in [7, 11) is 0. The molecule has 0 saturated carbocycles. The lowest BCUT2D eigenvalue weighted by Gasteiger charge is -2.04. The summed E-state index contributed by atoms with van der Waals surface area (Å²) in [6.07, 6.45) is 3.47. The molecule has 0 fully saturated rings. The summed E-state index contributed by atoms with van der Waals surface area (Å²) in [6.45, 7) is 4.10. The van der Waals surface area contributed by atoms with E-state index in [2.05, 4.69) is 18.0 Å². The Labute approximate surface area is 84.2 Å². The van der Waals surface area contributed by atoms with E-state index in [1.807, 2.05) is 13.1 Å². The monoisotopic (exact) mass is 194 g/mol. The van der Waals surface area contributed by atoms with Crippen molar-refractivity contribution in [3.05, 3.63) is 29.1 Å². The Hall–Kier alpha value is -0.960. The molecule has 2 nitrogen and oxygen atoms in total. The maximum Gasteiger partial charge on any atom is 0.0731 e. The fourth-order valence-corrected chi connectivity index (χ4v) is 1.35. The lowest BCUT2D eigenvalue weighted by molar-refractivity contribution is 0.948. The van der Waals surface area contributed by atoms with Crippen molar-refractivity contribution in [1.82, 2.24) is 4.98 Å². The SMILES string of the molecule is Cc1cnc(CCC(N)=S)c(C)c1. The number of thiocarbonyl (C=S) groups is 1. The zero-order chi connectivity index (χ0) is 9.84. The fraction of sp³-hybridized carbons (Fsp3) is 0.400. The van der Waals surface area contributed by atoms with Gasteiger partial charge in [0, 0.05) is 18.3 Å². The Morgan fingerprint density at radius 3 is 2.77 bits per heavy atom. The highest BCUT2D eigenvalue weighted by Gasteiger charge is 2.00. The molecule has 0 amide bonds. The van der Waals surface area contributed by atoms with Crippen molar-refractivity contribution in [2.75, 3.05) is 0 Å². The molecule has 3 heteroatoms. The third-order valence-electron chi connectivity index (χ3n) is 1.93. The van der Waals surface area contributed by atoms with Gasteiger partial charge in [-0.15, -0.1) is 0 Å². The standard InChI is InChI=1S/C10H14N2S/c1-7-5-8(2)9(12-6-7)3-4-10(11)13/h5-6H,3-4H2,1-2H3,(H2,11,13). The van der Waals surface area contributed by atoms with Crippen molar-refractivity contribution in [3.63, 3.8) is 0 Å². The molecular weight excluding hydrogens is 180 g/mol. The van der Waals surface area contributed by atoms with Crippen molar-refractivity contribution in [1.29, 1.82) is 0 Å². The van der Waals surface area contributed by atoms with Crippen molar-refractivity contribution in [2.45, 2.75) is 26.7 Å². The second-order valence-electron chi connectivity index (χ2n) is 3.24. The summed E-state index contributed by atoms with van der Waals surface area (Å²) in [5, 5.41) is 0. The third kappa shape index (κ3) is 3.11. The molecule has 0 unspecified atom stereocenters. The maximum atomic E-state index is 5.42. The number of aryl methyl sites for hydroxylation is 3. The van der Waals surface area contributed by atoms with Crippen LogP contribution in [0.15, 0.2) is 12.3 Å². The van der Waals surface area contributed by atoms with Gasteiger partial charge in [0.25, 0.3) is 0 Å². The minimum atomic E-state index is 0.557. The Bertz CT molecular complexity index is 321. The zero-order valence-corrected chi connectivity index (χ0v) is 8.82. The predicted octanol–water partition coefficient (Wildman–Crippen LogP) is 1.92. The quantitative estimate of drug-likeness (QED) is 0.747. The first-order valence-electron chi connectivity index (χ1n) is 4.30. The molecule has 0 spiro atoms. The van der Waals surface area contributed by atoms with Crippen LogP contribution in [-0.4, -0.2) is 9.97 Å². The summed E-state index contributed by atoms with van der Waals surface area (Å²) in [5.41, 5.74) is 8.93. The van der Waals surface area contributed by atoms with E-state index in [9.17, 15) is 0 Å². The Morgan fingerprint density at radius 1 is 1.54 bits per heavy atom. The molecule has 0 bridgehead atoms. The van der Waals surface area contributed by atoms with Crippen molar-refractivity contribution in [2.24, 2.45) is 5.73 Å². The van der Waals surface area contributed by atoms with Gasteiger partial charge in [0.05, 0.1) is 4.99 Å². The van der Waals surface area contributed by atoms with Crippen LogP contribution in [0.5, 0.6) is 0 Å². The van der Waals surface area contributed by atoms with Gasteiger partial charge < -0.3 is 5.73 Å². The Balaban J connectivity index is 2.72. The second-order valence-corrected chi connectivity index (χ2v) is 3.77. The van der Waals surface area contributed by atoms with Gasteiger partial charge in [0.2, 0.25) is 0 Å². The molecule has 0 aliphatic heterocycles. The smallest absolute Gasteiger partial charge is 0.0731 e. The molecule has 0 atom stereocenters. The van der Waals surface area contributed by atoms with Crippen LogP contribution in [0.1, 0.15) is 23.2 Å². The third-order valence-corrected chi connectivity index (χ3v) is 2.14. The first-order chi connectivity index (χ1) is 6.09. The molecule has 70 valence electrons. The topological polar surface area (TPSA) is 38.9 Å². The van der Waals surface area contributed by atoms with E-state index in [1.165, 1.54) is 11.1 Å². The van der Waals surface area contributed by atoms with E-state index in [1.54, 1.807) is 0 Å². The van der Waals surface area contributed by atoms with E-state index in [0.29, 0.717) is 4.99 Å². The predicted molar refractivity (Wildman–Crippen MR) is 58.8 cm³/mol. The van der Waals surface area contributed by atoms with Gasteiger partial charge in [-0.2, -0.15) is 0 Å². The van der Waals surface area contributed by atoms with Crippen molar-refractivity contribution >= 4 is 17.2 Å². The number of rotatable bonds is 3. The molecule has 13 heavy (non-hydrogen) atoms. The lowest BCUT2D eigenvalue weighted by atomic mass is 10.1. The van der Waals surface area contributed by atoms with Crippen LogP contribution in [0.4, 0.5) is 0 Å². The average molecular weight is 194 g/mol. The summed E-state index contributed by atoms with van der Waals surface area (Å²) in [4.78, 5) is 4.89. The number of hydrogen-bond acceptors (Lipinski definition) is 2. The maximum absolute atomic E-state index is 5.42. The Kier molecular flexibility index (Phi) is 3.37. The Morgan fingerprint density at radius 2 is 2.23 bits per heavy atom. The summed E-state index contributed by atoms with van der Waals surface area (Å²) >= 11 is 4.81. The molecule has 1 heterocycles. The highest BCUT2D eigenvalue weighted by molar-refractivity contribution is 7.80. The minimum Gasteiger partial charge on any atom is -0.393 e. The van der Waals surface area contributed by atoms with Crippen LogP contribution in [0, 0.1) is 13.8 Å². The fourth-order valence-electron chi connectivity index (χ4n) is 1.25. The molecular formula is C10H14N2S. The summed E-state index contributed by atoms with van der Waals surface area (Å²) in [6, 6.07) is 2.13. The van der Waals surface area contributed by atoms with E-state index in [-0.39, 0.29) is 0 Å². The minimum absolute atomic E-state index is 0.557. The average Bonchev–Trinajstić information content (AvgIpc) is 2.02. The molecule has 0 aliphatic rings. The largest absolute Gasteiger partial charge is 0.393 e. The molecule has 1 aromatic rings. The van der Waals surface area contributed by atoms with E-state index < -0.39 is 0 Å². The molecule has 0 aliphatic carbocycles. The summed E-state index contributed by atoms with van der Waals surface area (Å²) in [5.74, 6) is 0.